The summed E-state index contributed by atoms with van der Waals surface area (Å²) < 4.78 is 1.65. The molecule has 2 N–H and O–H groups in total. The fraction of sp³-hybridized carbons (Fsp3) is 0.455. The zero-order chi connectivity index (χ0) is 11.0. The molecule has 5 heteroatoms. The van der Waals surface area contributed by atoms with Crippen LogP contribution in [0.1, 0.15) is 18.7 Å². The van der Waals surface area contributed by atoms with E-state index in [0.717, 1.165) is 30.9 Å². The normalized spacial score (nSPS) is 20.6. The molecule has 0 bridgehead atoms. The lowest BCUT2D eigenvalue weighted by Crippen LogP contribution is -2.26. The average Bonchev–Trinajstić information content (AvgIpc) is 2.90. The van der Waals surface area contributed by atoms with Gasteiger partial charge in [-0.05, 0) is 25.5 Å². The third-order valence-electron chi connectivity index (χ3n) is 3.10. The van der Waals surface area contributed by atoms with E-state index in [1.54, 1.807) is 16.5 Å². The van der Waals surface area contributed by atoms with Gasteiger partial charge in [0.1, 0.15) is 11.5 Å². The Morgan fingerprint density at radius 3 is 3.25 bits per heavy atom. The molecule has 0 aliphatic carbocycles. The lowest BCUT2D eigenvalue weighted by Gasteiger charge is -2.07. The van der Waals surface area contributed by atoms with Crippen molar-refractivity contribution in [3.8, 4) is 0 Å². The third kappa shape index (κ3) is 1.53. The van der Waals surface area contributed by atoms with Crippen LogP contribution in [0.2, 0.25) is 0 Å². The Morgan fingerprint density at radius 1 is 1.50 bits per heavy atom. The second-order valence-corrected chi connectivity index (χ2v) is 4.22. The number of hydrogen-bond acceptors (Lipinski definition) is 3. The predicted octanol–water partition coefficient (Wildman–Crippen LogP) is 0.317. The van der Waals surface area contributed by atoms with Crippen molar-refractivity contribution < 1.29 is 0 Å². The number of aromatic nitrogens is 3. The molecule has 2 aromatic heterocycles. The van der Waals surface area contributed by atoms with Gasteiger partial charge in [0.2, 0.25) is 0 Å². The lowest BCUT2D eigenvalue weighted by atomic mass is 10.1. The van der Waals surface area contributed by atoms with Crippen LogP contribution in [-0.4, -0.2) is 27.2 Å². The summed E-state index contributed by atoms with van der Waals surface area (Å²) in [6, 6.07) is 5.63. The van der Waals surface area contributed by atoms with Gasteiger partial charge in [0, 0.05) is 18.5 Å². The van der Waals surface area contributed by atoms with Crippen molar-refractivity contribution >= 4 is 5.65 Å². The van der Waals surface area contributed by atoms with Gasteiger partial charge in [0.05, 0.1) is 0 Å². The van der Waals surface area contributed by atoms with E-state index in [4.69, 9.17) is 0 Å². The van der Waals surface area contributed by atoms with Gasteiger partial charge in [0.25, 0.3) is 5.56 Å². The molecule has 5 nitrogen and oxygen atoms in total. The summed E-state index contributed by atoms with van der Waals surface area (Å²) in [4.78, 5) is 11.7. The quantitative estimate of drug-likeness (QED) is 0.763. The number of H-pyrrole nitrogens is 1. The molecule has 1 aliphatic heterocycles. The van der Waals surface area contributed by atoms with Crippen molar-refractivity contribution in [3.63, 3.8) is 0 Å². The molecule has 3 heterocycles. The number of fused-ring (bicyclic) bond motifs is 1. The fourth-order valence-corrected chi connectivity index (χ4v) is 2.30. The zero-order valence-electron chi connectivity index (χ0n) is 8.94. The summed E-state index contributed by atoms with van der Waals surface area (Å²) in [6.45, 7) is 1.07. The maximum Gasteiger partial charge on any atom is 0.257 e. The molecule has 1 atom stereocenters. The molecule has 2 aromatic rings. The molecule has 84 valence electrons. The van der Waals surface area contributed by atoms with Crippen LogP contribution in [0.5, 0.6) is 0 Å². The minimum Gasteiger partial charge on any atom is -0.314 e. The van der Waals surface area contributed by atoms with Crippen molar-refractivity contribution in [2.75, 3.05) is 6.54 Å². The summed E-state index contributed by atoms with van der Waals surface area (Å²) in [5, 5.41) is 10.5. The Labute approximate surface area is 92.5 Å². The summed E-state index contributed by atoms with van der Waals surface area (Å²) in [5.41, 5.74) is 0.750. The monoisotopic (exact) mass is 218 g/mol. The molecule has 1 fully saturated rings. The average molecular weight is 218 g/mol. The van der Waals surface area contributed by atoms with Crippen molar-refractivity contribution in [2.24, 2.45) is 0 Å². The molecule has 16 heavy (non-hydrogen) atoms. The van der Waals surface area contributed by atoms with Crippen molar-refractivity contribution in [1.29, 1.82) is 0 Å². The molecule has 0 spiro atoms. The van der Waals surface area contributed by atoms with E-state index >= 15 is 0 Å². The van der Waals surface area contributed by atoms with Crippen LogP contribution >= 0.6 is 0 Å². The van der Waals surface area contributed by atoms with Crippen molar-refractivity contribution in [2.45, 2.75) is 25.3 Å². The Balaban J connectivity index is 2.00. The maximum atomic E-state index is 11.7. The van der Waals surface area contributed by atoms with E-state index in [9.17, 15) is 4.79 Å². The highest BCUT2D eigenvalue weighted by molar-refractivity contribution is 5.37. The summed E-state index contributed by atoms with van der Waals surface area (Å²) in [7, 11) is 0. The zero-order valence-corrected chi connectivity index (χ0v) is 8.94. The Kier molecular flexibility index (Phi) is 2.25. The van der Waals surface area contributed by atoms with E-state index in [2.05, 4.69) is 15.5 Å². The molecule has 1 saturated heterocycles. The standard InChI is InChI=1S/C11H14N4O/c16-11-5-1-4-9-13-14-10(15(9)11)7-8-3-2-6-12-8/h1,4-5,8,12-13H,2-3,6-7H2. The van der Waals surface area contributed by atoms with Crippen LogP contribution in [-0.2, 0) is 6.42 Å². The molecule has 0 radical (unpaired) electrons. The largest absolute Gasteiger partial charge is 0.314 e. The minimum atomic E-state index is -0.0146. The topological polar surface area (TPSA) is 62.2 Å². The first-order valence-electron chi connectivity index (χ1n) is 5.63. The molecule has 3 rings (SSSR count). The molecule has 1 aliphatic rings. The van der Waals surface area contributed by atoms with Gasteiger partial charge in [-0.25, -0.2) is 4.40 Å². The van der Waals surface area contributed by atoms with Gasteiger partial charge in [-0.15, -0.1) is 0 Å². The summed E-state index contributed by atoms with van der Waals surface area (Å²) >= 11 is 0. The first-order valence-corrected chi connectivity index (χ1v) is 5.63. The van der Waals surface area contributed by atoms with Crippen molar-refractivity contribution in [1.82, 2.24) is 19.9 Å². The molecular formula is C11H14N4O. The SMILES string of the molecule is O=c1cccc2[nH]nc(CC3CCCN3)n12. The van der Waals surface area contributed by atoms with E-state index in [-0.39, 0.29) is 5.56 Å². The Hall–Kier alpha value is -1.62. The first kappa shape index (κ1) is 9.59. The van der Waals surface area contributed by atoms with Crippen LogP contribution in [0.15, 0.2) is 23.0 Å². The number of nitrogens with zero attached hydrogens (tertiary/aromatic N) is 2. The first-order chi connectivity index (χ1) is 7.84. The summed E-state index contributed by atoms with van der Waals surface area (Å²) in [5.74, 6) is 0.819. The molecule has 1 unspecified atom stereocenters. The number of hydrogen-bond donors (Lipinski definition) is 2. The second kappa shape index (κ2) is 3.75. The Morgan fingerprint density at radius 2 is 2.44 bits per heavy atom. The van der Waals surface area contributed by atoms with Gasteiger partial charge < -0.3 is 5.32 Å². The van der Waals surface area contributed by atoms with Crippen molar-refractivity contribution in [3.05, 3.63) is 34.4 Å². The third-order valence-corrected chi connectivity index (χ3v) is 3.10. The number of nitrogens with one attached hydrogen (secondary N) is 2. The minimum absolute atomic E-state index is 0.0146. The van der Waals surface area contributed by atoms with Gasteiger partial charge in [-0.3, -0.25) is 9.89 Å². The van der Waals surface area contributed by atoms with Crippen LogP contribution in [0.3, 0.4) is 0 Å². The van der Waals surface area contributed by atoms with Crippen LogP contribution in [0.4, 0.5) is 0 Å². The highest BCUT2D eigenvalue weighted by atomic mass is 16.1. The smallest absolute Gasteiger partial charge is 0.257 e. The Bertz CT molecular complexity index is 550. The fourth-order valence-electron chi connectivity index (χ4n) is 2.30. The van der Waals surface area contributed by atoms with Gasteiger partial charge in [0.15, 0.2) is 0 Å². The summed E-state index contributed by atoms with van der Waals surface area (Å²) in [6.07, 6.45) is 3.18. The second-order valence-electron chi connectivity index (χ2n) is 4.22. The van der Waals surface area contributed by atoms with Gasteiger partial charge >= 0.3 is 0 Å². The molecule has 0 amide bonds. The maximum absolute atomic E-state index is 11.7. The van der Waals surface area contributed by atoms with Crippen LogP contribution < -0.4 is 10.9 Å². The van der Waals surface area contributed by atoms with E-state index < -0.39 is 0 Å². The van der Waals surface area contributed by atoms with Crippen LogP contribution in [0.25, 0.3) is 5.65 Å². The molecule has 0 aromatic carbocycles. The number of rotatable bonds is 2. The number of pyridine rings is 1. The molecule has 0 saturated carbocycles. The predicted molar refractivity (Wildman–Crippen MR) is 60.5 cm³/mol. The van der Waals surface area contributed by atoms with E-state index in [1.165, 1.54) is 6.42 Å². The lowest BCUT2D eigenvalue weighted by molar-refractivity contribution is 0.581. The highest BCUT2D eigenvalue weighted by Gasteiger charge is 2.17. The van der Waals surface area contributed by atoms with Crippen LogP contribution in [0, 0.1) is 0 Å². The van der Waals surface area contributed by atoms with Gasteiger partial charge in [-0.1, -0.05) is 6.07 Å². The molecular weight excluding hydrogens is 204 g/mol. The highest BCUT2D eigenvalue weighted by Crippen LogP contribution is 2.10. The van der Waals surface area contributed by atoms with E-state index in [1.807, 2.05) is 6.07 Å². The number of aromatic amines is 1. The van der Waals surface area contributed by atoms with Gasteiger partial charge in [-0.2, -0.15) is 5.10 Å². The van der Waals surface area contributed by atoms with E-state index in [0.29, 0.717) is 6.04 Å².